The summed E-state index contributed by atoms with van der Waals surface area (Å²) in [5.74, 6) is 1.27. The van der Waals surface area contributed by atoms with Crippen LogP contribution >= 0.6 is 0 Å². The van der Waals surface area contributed by atoms with Crippen LogP contribution in [0.15, 0.2) is 77.3 Å². The van der Waals surface area contributed by atoms with Gasteiger partial charge in [-0.3, -0.25) is 4.98 Å². The lowest BCUT2D eigenvalue weighted by Gasteiger charge is -2.17. The maximum Gasteiger partial charge on any atom is 0.227 e. The molecule has 1 aliphatic carbocycles. The molecule has 3 heterocycles. The molecule has 3 heteroatoms. The zero-order chi connectivity index (χ0) is 23.1. The molecular weight excluding hydrogens is 416 g/mol. The Morgan fingerprint density at radius 1 is 0.882 bits per heavy atom. The molecule has 0 unspecified atom stereocenters. The van der Waals surface area contributed by atoms with Crippen molar-refractivity contribution >= 4 is 22.1 Å². The van der Waals surface area contributed by atoms with Crippen molar-refractivity contribution in [3.63, 3.8) is 0 Å². The summed E-state index contributed by atoms with van der Waals surface area (Å²) in [5.41, 5.74) is 8.41. The molecule has 3 aromatic heterocycles. The van der Waals surface area contributed by atoms with Crippen LogP contribution in [0.4, 0.5) is 0 Å². The van der Waals surface area contributed by atoms with Crippen LogP contribution in [0.5, 0.6) is 0 Å². The molecular formula is C31H30N2O. The second kappa shape index (κ2) is 8.72. The van der Waals surface area contributed by atoms with Crippen molar-refractivity contribution in [2.75, 3.05) is 0 Å². The number of hydrogen-bond donors (Lipinski definition) is 0. The largest absolute Gasteiger partial charge is 0.437 e. The molecule has 0 spiro atoms. The van der Waals surface area contributed by atoms with Crippen molar-refractivity contribution in [1.82, 2.24) is 9.97 Å². The molecule has 0 atom stereocenters. The van der Waals surface area contributed by atoms with Crippen LogP contribution in [-0.4, -0.2) is 9.97 Å². The predicted octanol–water partition coefficient (Wildman–Crippen LogP) is 8.57. The first-order chi connectivity index (χ1) is 16.7. The second-order valence-electron chi connectivity index (χ2n) is 9.98. The summed E-state index contributed by atoms with van der Waals surface area (Å²) in [5, 5.41) is 2.13. The van der Waals surface area contributed by atoms with Crippen LogP contribution in [0.1, 0.15) is 56.6 Å². The van der Waals surface area contributed by atoms with Crippen molar-refractivity contribution in [2.24, 2.45) is 5.92 Å². The number of aromatic nitrogens is 2. The molecule has 0 N–H and O–H groups in total. The number of rotatable bonds is 5. The van der Waals surface area contributed by atoms with Crippen molar-refractivity contribution < 1.29 is 4.42 Å². The van der Waals surface area contributed by atoms with E-state index >= 15 is 0 Å². The van der Waals surface area contributed by atoms with Crippen molar-refractivity contribution in [3.05, 3.63) is 84.1 Å². The van der Waals surface area contributed by atoms with E-state index in [-0.39, 0.29) is 0 Å². The van der Waals surface area contributed by atoms with Gasteiger partial charge in [0.15, 0.2) is 0 Å². The van der Waals surface area contributed by atoms with Gasteiger partial charge in [-0.15, -0.1) is 0 Å². The van der Waals surface area contributed by atoms with E-state index < -0.39 is 0 Å². The molecule has 5 aromatic rings. The fourth-order valence-electron chi connectivity index (χ4n) is 5.53. The minimum atomic E-state index is 0.473. The average molecular weight is 447 g/mol. The summed E-state index contributed by atoms with van der Waals surface area (Å²) in [6.07, 6.45) is 8.69. The fourth-order valence-corrected chi connectivity index (χ4v) is 5.53. The average Bonchev–Trinajstić information content (AvgIpc) is 3.51. The monoisotopic (exact) mass is 446 g/mol. The number of furan rings is 1. The summed E-state index contributed by atoms with van der Waals surface area (Å²) in [6.45, 7) is 4.54. The van der Waals surface area contributed by atoms with E-state index in [0.717, 1.165) is 51.2 Å². The normalized spacial score (nSPS) is 14.6. The third-order valence-corrected chi connectivity index (χ3v) is 7.34. The topological polar surface area (TPSA) is 38.9 Å². The number of pyridine rings is 2. The first-order valence-corrected chi connectivity index (χ1v) is 12.5. The molecule has 34 heavy (non-hydrogen) atoms. The Balaban J connectivity index is 1.46. The van der Waals surface area contributed by atoms with Gasteiger partial charge in [-0.25, -0.2) is 4.98 Å². The Bertz CT molecular complexity index is 1460. The highest BCUT2D eigenvalue weighted by Crippen LogP contribution is 2.37. The highest BCUT2D eigenvalue weighted by atomic mass is 16.3. The van der Waals surface area contributed by atoms with E-state index in [1.54, 1.807) is 0 Å². The second-order valence-corrected chi connectivity index (χ2v) is 9.98. The van der Waals surface area contributed by atoms with Gasteiger partial charge in [0, 0.05) is 28.1 Å². The lowest BCUT2D eigenvalue weighted by atomic mass is 9.90. The Morgan fingerprint density at radius 3 is 2.50 bits per heavy atom. The third-order valence-electron chi connectivity index (χ3n) is 7.34. The van der Waals surface area contributed by atoms with Gasteiger partial charge < -0.3 is 4.42 Å². The summed E-state index contributed by atoms with van der Waals surface area (Å²) < 4.78 is 6.40. The standard InChI is InChI=1S/C31H30N2O/c1-20(2)27-19-32-29(18-23(27)17-21-9-6-7-10-21)26-14-8-13-24-25-15-16-28(22-11-4-3-5-12-22)33-31(25)34-30(24)26/h3-5,8,11-16,18-21H,6-7,9-10,17H2,1-2H3. The van der Waals surface area contributed by atoms with E-state index in [2.05, 4.69) is 68.6 Å². The molecule has 0 amide bonds. The quantitative estimate of drug-likeness (QED) is 0.271. The van der Waals surface area contributed by atoms with Crippen molar-refractivity contribution in [3.8, 4) is 22.5 Å². The molecule has 0 saturated heterocycles. The highest BCUT2D eigenvalue weighted by molar-refractivity contribution is 6.08. The van der Waals surface area contributed by atoms with Crippen LogP contribution in [-0.2, 0) is 6.42 Å². The van der Waals surface area contributed by atoms with Crippen LogP contribution in [0.3, 0.4) is 0 Å². The van der Waals surface area contributed by atoms with Gasteiger partial charge >= 0.3 is 0 Å². The van der Waals surface area contributed by atoms with Gasteiger partial charge in [0.2, 0.25) is 5.71 Å². The first kappa shape index (κ1) is 21.1. The van der Waals surface area contributed by atoms with Crippen LogP contribution in [0.25, 0.3) is 44.6 Å². The molecule has 1 fully saturated rings. The molecule has 2 aromatic carbocycles. The van der Waals surface area contributed by atoms with Crippen LogP contribution in [0, 0.1) is 5.92 Å². The van der Waals surface area contributed by atoms with E-state index in [0.29, 0.717) is 11.6 Å². The lowest BCUT2D eigenvalue weighted by Crippen LogP contribution is -2.05. The summed E-state index contributed by atoms with van der Waals surface area (Å²) in [7, 11) is 0. The number of para-hydroxylation sites is 1. The summed E-state index contributed by atoms with van der Waals surface area (Å²) in [6, 6.07) is 23.1. The molecule has 0 aliphatic heterocycles. The zero-order valence-corrected chi connectivity index (χ0v) is 19.9. The van der Waals surface area contributed by atoms with E-state index in [9.17, 15) is 0 Å². The van der Waals surface area contributed by atoms with Gasteiger partial charge in [-0.2, -0.15) is 0 Å². The van der Waals surface area contributed by atoms with Crippen molar-refractivity contribution in [1.29, 1.82) is 0 Å². The number of benzene rings is 2. The van der Waals surface area contributed by atoms with Crippen LogP contribution < -0.4 is 0 Å². The molecule has 0 radical (unpaired) electrons. The van der Waals surface area contributed by atoms with Gasteiger partial charge in [0.25, 0.3) is 0 Å². The summed E-state index contributed by atoms with van der Waals surface area (Å²) >= 11 is 0. The molecule has 170 valence electrons. The van der Waals surface area contributed by atoms with Crippen LogP contribution in [0.2, 0.25) is 0 Å². The minimum absolute atomic E-state index is 0.473. The van der Waals surface area contributed by atoms with E-state index in [1.165, 1.54) is 36.8 Å². The first-order valence-electron chi connectivity index (χ1n) is 12.5. The molecule has 6 rings (SSSR count). The Labute approximate surface area is 200 Å². The maximum atomic E-state index is 6.40. The molecule has 0 bridgehead atoms. The Kier molecular flexibility index (Phi) is 5.41. The van der Waals surface area contributed by atoms with Gasteiger partial charge in [-0.05, 0) is 53.6 Å². The summed E-state index contributed by atoms with van der Waals surface area (Å²) in [4.78, 5) is 9.76. The number of fused-ring (bicyclic) bond motifs is 3. The van der Waals surface area contributed by atoms with Crippen molar-refractivity contribution in [2.45, 2.75) is 51.9 Å². The minimum Gasteiger partial charge on any atom is -0.437 e. The Hall–Kier alpha value is -3.46. The van der Waals surface area contributed by atoms with E-state index in [1.807, 2.05) is 18.2 Å². The smallest absolute Gasteiger partial charge is 0.227 e. The third kappa shape index (κ3) is 3.79. The number of nitrogens with zero attached hydrogens (tertiary/aromatic N) is 2. The highest BCUT2D eigenvalue weighted by Gasteiger charge is 2.20. The Morgan fingerprint density at radius 2 is 1.71 bits per heavy atom. The lowest BCUT2D eigenvalue weighted by molar-refractivity contribution is 0.542. The predicted molar refractivity (Wildman–Crippen MR) is 140 cm³/mol. The number of hydrogen-bond acceptors (Lipinski definition) is 3. The van der Waals surface area contributed by atoms with E-state index in [4.69, 9.17) is 14.4 Å². The van der Waals surface area contributed by atoms with Gasteiger partial charge in [0.05, 0.1) is 11.4 Å². The molecule has 1 aliphatic rings. The molecule has 3 nitrogen and oxygen atoms in total. The van der Waals surface area contributed by atoms with Gasteiger partial charge in [0.1, 0.15) is 5.58 Å². The zero-order valence-electron chi connectivity index (χ0n) is 19.9. The maximum absolute atomic E-state index is 6.40. The SMILES string of the molecule is CC(C)c1cnc(-c2cccc3c2oc2nc(-c4ccccc4)ccc23)cc1CC1CCCC1. The molecule has 1 saturated carbocycles. The fraction of sp³-hybridized carbons (Fsp3) is 0.290. The van der Waals surface area contributed by atoms with Gasteiger partial charge in [-0.1, -0.05) is 82.0 Å².